The van der Waals surface area contributed by atoms with Crippen LogP contribution >= 0.6 is 11.6 Å². The van der Waals surface area contributed by atoms with Crippen LogP contribution in [0, 0.1) is 6.92 Å². The van der Waals surface area contributed by atoms with Crippen molar-refractivity contribution in [2.24, 2.45) is 0 Å². The molecule has 0 radical (unpaired) electrons. The molecular weight excluding hydrogens is 432 g/mol. The van der Waals surface area contributed by atoms with Crippen molar-refractivity contribution in [2.45, 2.75) is 6.92 Å². The number of aryl methyl sites for hydroxylation is 1. The number of imidazole rings is 1. The zero-order valence-electron chi connectivity index (χ0n) is 16.7. The van der Waals surface area contributed by atoms with E-state index in [-0.39, 0.29) is 11.6 Å². The Hall–Kier alpha value is -4.24. The molecule has 158 valence electrons. The van der Waals surface area contributed by atoms with Crippen LogP contribution in [-0.4, -0.2) is 41.0 Å². The zero-order chi connectivity index (χ0) is 22.2. The van der Waals surface area contributed by atoms with E-state index < -0.39 is 5.97 Å². The maximum Gasteiger partial charge on any atom is 0.336 e. The van der Waals surface area contributed by atoms with Crippen LogP contribution in [0.25, 0.3) is 28.1 Å². The van der Waals surface area contributed by atoms with Gasteiger partial charge in [-0.15, -0.1) is 0 Å². The van der Waals surface area contributed by atoms with E-state index in [0.29, 0.717) is 33.2 Å². The van der Waals surface area contributed by atoms with Gasteiger partial charge in [-0.2, -0.15) is 20.0 Å². The van der Waals surface area contributed by atoms with Crippen molar-refractivity contribution in [3.63, 3.8) is 0 Å². The van der Waals surface area contributed by atoms with E-state index in [0.717, 1.165) is 11.3 Å². The van der Waals surface area contributed by atoms with Gasteiger partial charge in [0.05, 0.1) is 39.9 Å². The molecule has 3 aromatic heterocycles. The number of carboxylic acids is 1. The van der Waals surface area contributed by atoms with Gasteiger partial charge in [0, 0.05) is 5.56 Å². The van der Waals surface area contributed by atoms with E-state index in [4.69, 9.17) is 16.3 Å². The molecule has 0 saturated heterocycles. The summed E-state index contributed by atoms with van der Waals surface area (Å²) in [4.78, 5) is 24.8. The molecule has 5 rings (SSSR count). The lowest BCUT2D eigenvalue weighted by atomic mass is 10.1. The molecule has 3 heterocycles. The Morgan fingerprint density at radius 1 is 1.06 bits per heavy atom. The van der Waals surface area contributed by atoms with E-state index in [1.807, 2.05) is 24.3 Å². The summed E-state index contributed by atoms with van der Waals surface area (Å²) in [6.45, 7) is 1.72. The minimum atomic E-state index is -1.02. The number of H-pyrrole nitrogens is 1. The fourth-order valence-corrected chi connectivity index (χ4v) is 3.52. The monoisotopic (exact) mass is 446 g/mol. The Morgan fingerprint density at radius 3 is 2.53 bits per heavy atom. The van der Waals surface area contributed by atoms with Gasteiger partial charge in [0.1, 0.15) is 5.75 Å². The Labute approximate surface area is 186 Å². The van der Waals surface area contributed by atoms with Crippen molar-refractivity contribution in [3.8, 4) is 28.7 Å². The topological polar surface area (TPSA) is 119 Å². The number of carbonyl (C=O) groups is 1. The lowest BCUT2D eigenvalue weighted by Gasteiger charge is -2.05. The summed E-state index contributed by atoms with van der Waals surface area (Å²) in [5, 5.41) is 18.0. The fourth-order valence-electron chi connectivity index (χ4n) is 3.25. The molecular formula is C22H15ClN6O3. The summed E-state index contributed by atoms with van der Waals surface area (Å²) in [7, 11) is 0. The lowest BCUT2D eigenvalue weighted by molar-refractivity contribution is 0.0695. The molecule has 0 aliphatic heterocycles. The lowest BCUT2D eigenvalue weighted by Crippen LogP contribution is -2.00. The number of carboxylic acid groups (broad SMARTS) is 1. The van der Waals surface area contributed by atoms with Gasteiger partial charge in [0.2, 0.25) is 0 Å². The number of pyridine rings is 1. The van der Waals surface area contributed by atoms with Crippen molar-refractivity contribution in [1.29, 1.82) is 0 Å². The van der Waals surface area contributed by atoms with Crippen molar-refractivity contribution < 1.29 is 14.6 Å². The van der Waals surface area contributed by atoms with Crippen LogP contribution in [0.5, 0.6) is 11.8 Å². The number of hydrogen-bond acceptors (Lipinski definition) is 6. The van der Waals surface area contributed by atoms with Crippen molar-refractivity contribution in [1.82, 2.24) is 29.9 Å². The molecule has 0 aliphatic rings. The highest BCUT2D eigenvalue weighted by atomic mass is 35.5. The Bertz CT molecular complexity index is 1450. The number of nitrogens with one attached hydrogen (secondary N) is 1. The molecule has 2 N–H and O–H groups in total. The van der Waals surface area contributed by atoms with E-state index in [1.165, 1.54) is 10.9 Å². The molecule has 0 bridgehead atoms. The fraction of sp³-hybridized carbons (Fsp3) is 0.0455. The molecule has 32 heavy (non-hydrogen) atoms. The average molecular weight is 447 g/mol. The zero-order valence-corrected chi connectivity index (χ0v) is 17.4. The van der Waals surface area contributed by atoms with Crippen molar-refractivity contribution in [3.05, 3.63) is 77.1 Å². The first-order valence-electron chi connectivity index (χ1n) is 9.53. The van der Waals surface area contributed by atoms with Gasteiger partial charge < -0.3 is 14.8 Å². The largest absolute Gasteiger partial charge is 0.478 e. The highest BCUT2D eigenvalue weighted by molar-refractivity contribution is 6.33. The Kier molecular flexibility index (Phi) is 4.79. The third-order valence-electron chi connectivity index (χ3n) is 4.85. The van der Waals surface area contributed by atoms with E-state index in [9.17, 15) is 9.90 Å². The predicted octanol–water partition coefficient (Wildman–Crippen LogP) is 4.66. The second kappa shape index (κ2) is 7.78. The quantitative estimate of drug-likeness (QED) is 0.403. The van der Waals surface area contributed by atoms with Crippen LogP contribution in [0.2, 0.25) is 5.02 Å². The van der Waals surface area contributed by atoms with Gasteiger partial charge in [-0.1, -0.05) is 29.8 Å². The summed E-state index contributed by atoms with van der Waals surface area (Å²) in [5.41, 5.74) is 4.01. The minimum Gasteiger partial charge on any atom is -0.478 e. The number of aromatic amines is 1. The summed E-state index contributed by atoms with van der Waals surface area (Å²) < 4.78 is 5.72. The number of rotatable bonds is 5. The predicted molar refractivity (Wildman–Crippen MR) is 117 cm³/mol. The van der Waals surface area contributed by atoms with E-state index >= 15 is 0 Å². The first-order valence-corrected chi connectivity index (χ1v) is 9.91. The van der Waals surface area contributed by atoms with Gasteiger partial charge in [0.25, 0.3) is 0 Å². The molecule has 0 fully saturated rings. The maximum absolute atomic E-state index is 11.4. The van der Waals surface area contributed by atoms with E-state index in [2.05, 4.69) is 25.1 Å². The SMILES string of the molecule is Cc1ccc(Oc2nc3nc(-c4ccc(-n5nccn5)cc4)c(Cl)cc3[nH]2)cc1C(=O)O. The van der Waals surface area contributed by atoms with Crippen LogP contribution in [-0.2, 0) is 0 Å². The van der Waals surface area contributed by atoms with Crippen LogP contribution in [0.15, 0.2) is 60.9 Å². The average Bonchev–Trinajstić information content (AvgIpc) is 3.44. The van der Waals surface area contributed by atoms with Crippen molar-refractivity contribution >= 4 is 28.7 Å². The van der Waals surface area contributed by atoms with Gasteiger partial charge in [-0.05, 0) is 42.8 Å². The maximum atomic E-state index is 11.4. The summed E-state index contributed by atoms with van der Waals surface area (Å²) in [6, 6.07) is 14.2. The van der Waals surface area contributed by atoms with Gasteiger partial charge in [-0.3, -0.25) is 0 Å². The summed E-state index contributed by atoms with van der Waals surface area (Å²) >= 11 is 6.47. The van der Waals surface area contributed by atoms with Gasteiger partial charge in [-0.25, -0.2) is 9.78 Å². The molecule has 0 aliphatic carbocycles. The molecule has 0 spiro atoms. The summed E-state index contributed by atoms with van der Waals surface area (Å²) in [6.07, 6.45) is 3.22. The number of ether oxygens (including phenoxy) is 1. The smallest absolute Gasteiger partial charge is 0.336 e. The molecule has 0 saturated carbocycles. The highest BCUT2D eigenvalue weighted by Gasteiger charge is 2.14. The Morgan fingerprint density at radius 2 is 1.81 bits per heavy atom. The molecule has 0 unspecified atom stereocenters. The number of nitrogens with zero attached hydrogens (tertiary/aromatic N) is 5. The Balaban J connectivity index is 1.46. The van der Waals surface area contributed by atoms with Crippen LogP contribution in [0.1, 0.15) is 15.9 Å². The highest BCUT2D eigenvalue weighted by Crippen LogP contribution is 2.31. The van der Waals surface area contributed by atoms with Crippen LogP contribution in [0.4, 0.5) is 0 Å². The second-order valence-electron chi connectivity index (χ2n) is 6.98. The number of fused-ring (bicyclic) bond motifs is 1. The third-order valence-corrected chi connectivity index (χ3v) is 5.14. The van der Waals surface area contributed by atoms with Crippen LogP contribution in [0.3, 0.4) is 0 Å². The van der Waals surface area contributed by atoms with Crippen molar-refractivity contribution in [2.75, 3.05) is 0 Å². The third kappa shape index (κ3) is 3.65. The first kappa shape index (κ1) is 19.7. The number of hydrogen-bond donors (Lipinski definition) is 2. The molecule has 0 amide bonds. The number of aromatic nitrogens is 6. The standard InChI is InChI=1S/C22H15ClN6O3/c1-12-2-7-15(10-16(12)21(30)31)32-22-26-18-11-17(23)19(27-20(18)28-22)13-3-5-14(6-4-13)29-24-8-9-25-29/h2-11H,1H3,(H,30,31)(H,26,27,28). The normalized spacial score (nSPS) is 11.1. The molecule has 10 heteroatoms. The second-order valence-corrected chi connectivity index (χ2v) is 7.39. The molecule has 0 atom stereocenters. The number of halogens is 1. The van der Waals surface area contributed by atoms with Crippen LogP contribution < -0.4 is 4.74 Å². The molecule has 9 nitrogen and oxygen atoms in total. The molecule has 2 aromatic carbocycles. The van der Waals surface area contributed by atoms with Gasteiger partial charge >= 0.3 is 12.0 Å². The number of aromatic carboxylic acids is 1. The minimum absolute atomic E-state index is 0.163. The number of benzene rings is 2. The summed E-state index contributed by atoms with van der Waals surface area (Å²) in [5.74, 6) is -0.675. The molecule has 5 aromatic rings. The first-order chi connectivity index (χ1) is 15.5. The van der Waals surface area contributed by atoms with E-state index in [1.54, 1.807) is 37.5 Å². The van der Waals surface area contributed by atoms with Gasteiger partial charge in [0.15, 0.2) is 5.65 Å².